The molecule has 1 aliphatic rings. The SMILES string of the molecule is COc1ccc(CNC(=O)NC2CCN(Cc3cccc(C)c3)CC2)cc1. The number of carbonyl (C=O) groups is 1. The molecule has 2 aromatic rings. The van der Waals surface area contributed by atoms with Gasteiger partial charge in [-0.15, -0.1) is 0 Å². The van der Waals surface area contributed by atoms with Crippen LogP contribution >= 0.6 is 0 Å². The molecule has 2 amide bonds. The number of likely N-dealkylation sites (tertiary alicyclic amines) is 1. The number of piperidine rings is 1. The van der Waals surface area contributed by atoms with Crippen molar-refractivity contribution < 1.29 is 9.53 Å². The van der Waals surface area contributed by atoms with Crippen LogP contribution in [0.4, 0.5) is 4.79 Å². The van der Waals surface area contributed by atoms with Crippen molar-refractivity contribution in [3.8, 4) is 5.75 Å². The molecule has 144 valence electrons. The van der Waals surface area contributed by atoms with Crippen molar-refractivity contribution in [3.63, 3.8) is 0 Å². The van der Waals surface area contributed by atoms with E-state index in [0.717, 1.165) is 43.8 Å². The van der Waals surface area contributed by atoms with E-state index < -0.39 is 0 Å². The summed E-state index contributed by atoms with van der Waals surface area (Å²) < 4.78 is 5.14. The quantitative estimate of drug-likeness (QED) is 0.822. The van der Waals surface area contributed by atoms with Gasteiger partial charge in [0.2, 0.25) is 0 Å². The van der Waals surface area contributed by atoms with Gasteiger partial charge in [0.25, 0.3) is 0 Å². The number of hydrogen-bond donors (Lipinski definition) is 2. The van der Waals surface area contributed by atoms with Gasteiger partial charge in [0.1, 0.15) is 5.75 Å². The average molecular weight is 367 g/mol. The van der Waals surface area contributed by atoms with Crippen LogP contribution in [-0.2, 0) is 13.1 Å². The number of hydrogen-bond acceptors (Lipinski definition) is 3. The Morgan fingerprint density at radius 3 is 2.52 bits per heavy atom. The van der Waals surface area contributed by atoms with E-state index in [4.69, 9.17) is 4.74 Å². The lowest BCUT2D eigenvalue weighted by Crippen LogP contribution is -2.47. The minimum Gasteiger partial charge on any atom is -0.497 e. The van der Waals surface area contributed by atoms with Crippen LogP contribution in [0.15, 0.2) is 48.5 Å². The number of aryl methyl sites for hydroxylation is 1. The lowest BCUT2D eigenvalue weighted by Gasteiger charge is -2.32. The predicted molar refractivity (Wildman–Crippen MR) is 108 cm³/mol. The number of benzene rings is 2. The topological polar surface area (TPSA) is 53.6 Å². The minimum absolute atomic E-state index is 0.0945. The van der Waals surface area contributed by atoms with Gasteiger partial charge < -0.3 is 15.4 Å². The van der Waals surface area contributed by atoms with Gasteiger partial charge in [-0.25, -0.2) is 4.79 Å². The summed E-state index contributed by atoms with van der Waals surface area (Å²) in [7, 11) is 1.65. The number of rotatable bonds is 6. The molecule has 2 N–H and O–H groups in total. The van der Waals surface area contributed by atoms with Crippen LogP contribution in [0, 0.1) is 6.92 Å². The van der Waals surface area contributed by atoms with E-state index in [-0.39, 0.29) is 12.1 Å². The maximum atomic E-state index is 12.2. The van der Waals surface area contributed by atoms with E-state index in [2.05, 4.69) is 46.7 Å². The molecule has 1 saturated heterocycles. The highest BCUT2D eigenvalue weighted by Crippen LogP contribution is 2.15. The average Bonchev–Trinajstić information content (AvgIpc) is 2.68. The summed E-state index contributed by atoms with van der Waals surface area (Å²) in [6.45, 7) is 5.65. The first-order valence-electron chi connectivity index (χ1n) is 9.57. The van der Waals surface area contributed by atoms with Crippen molar-refractivity contribution in [3.05, 3.63) is 65.2 Å². The first kappa shape index (κ1) is 19.2. The highest BCUT2D eigenvalue weighted by molar-refractivity contribution is 5.74. The highest BCUT2D eigenvalue weighted by atomic mass is 16.5. The molecule has 1 aliphatic heterocycles. The van der Waals surface area contributed by atoms with Gasteiger partial charge >= 0.3 is 6.03 Å². The second kappa shape index (κ2) is 9.42. The normalized spacial score (nSPS) is 15.3. The van der Waals surface area contributed by atoms with Crippen molar-refractivity contribution in [1.82, 2.24) is 15.5 Å². The molecule has 27 heavy (non-hydrogen) atoms. The summed E-state index contributed by atoms with van der Waals surface area (Å²) in [5.74, 6) is 0.820. The second-order valence-electron chi connectivity index (χ2n) is 7.21. The van der Waals surface area contributed by atoms with Crippen LogP contribution < -0.4 is 15.4 Å². The van der Waals surface area contributed by atoms with Crippen molar-refractivity contribution in [2.45, 2.75) is 38.9 Å². The van der Waals surface area contributed by atoms with Gasteiger partial charge in [-0.05, 0) is 43.0 Å². The number of nitrogens with zero attached hydrogens (tertiary/aromatic N) is 1. The fourth-order valence-electron chi connectivity index (χ4n) is 3.47. The highest BCUT2D eigenvalue weighted by Gasteiger charge is 2.20. The molecule has 5 nitrogen and oxygen atoms in total. The molecule has 3 rings (SSSR count). The molecular weight excluding hydrogens is 338 g/mol. The molecule has 0 spiro atoms. The largest absolute Gasteiger partial charge is 0.497 e. The zero-order chi connectivity index (χ0) is 19.1. The van der Waals surface area contributed by atoms with Crippen molar-refractivity contribution in [2.24, 2.45) is 0 Å². The van der Waals surface area contributed by atoms with Crippen molar-refractivity contribution >= 4 is 6.03 Å². The van der Waals surface area contributed by atoms with E-state index >= 15 is 0 Å². The smallest absolute Gasteiger partial charge is 0.315 e. The number of ether oxygens (including phenoxy) is 1. The predicted octanol–water partition coefficient (Wildman–Crippen LogP) is 3.47. The van der Waals surface area contributed by atoms with Crippen LogP contribution in [0.3, 0.4) is 0 Å². The molecule has 0 unspecified atom stereocenters. The van der Waals surface area contributed by atoms with Gasteiger partial charge in [-0.2, -0.15) is 0 Å². The van der Waals surface area contributed by atoms with Gasteiger partial charge in [-0.1, -0.05) is 42.0 Å². The second-order valence-corrected chi connectivity index (χ2v) is 7.21. The monoisotopic (exact) mass is 367 g/mol. The fraction of sp³-hybridized carbons (Fsp3) is 0.409. The minimum atomic E-state index is -0.0945. The maximum absolute atomic E-state index is 12.2. The zero-order valence-corrected chi connectivity index (χ0v) is 16.2. The van der Waals surface area contributed by atoms with E-state index in [1.165, 1.54) is 11.1 Å². The standard InChI is InChI=1S/C22H29N3O2/c1-17-4-3-5-19(14-17)16-25-12-10-20(11-13-25)24-22(26)23-15-18-6-8-21(27-2)9-7-18/h3-9,14,20H,10-13,15-16H2,1-2H3,(H2,23,24,26). The number of methoxy groups -OCH3 is 1. The zero-order valence-electron chi connectivity index (χ0n) is 16.2. The molecule has 5 heteroatoms. The van der Waals surface area contributed by atoms with Gasteiger partial charge in [-0.3, -0.25) is 4.90 Å². The van der Waals surface area contributed by atoms with Crippen LogP contribution in [0.25, 0.3) is 0 Å². The van der Waals surface area contributed by atoms with E-state index in [1.54, 1.807) is 7.11 Å². The maximum Gasteiger partial charge on any atom is 0.315 e. The molecule has 0 bridgehead atoms. The molecule has 0 aromatic heterocycles. The molecular formula is C22H29N3O2. The molecule has 1 heterocycles. The Hall–Kier alpha value is -2.53. The van der Waals surface area contributed by atoms with Crippen LogP contribution in [-0.4, -0.2) is 37.2 Å². The first-order chi connectivity index (χ1) is 13.1. The summed E-state index contributed by atoms with van der Waals surface area (Å²) in [5.41, 5.74) is 3.72. The van der Waals surface area contributed by atoms with Crippen LogP contribution in [0.2, 0.25) is 0 Å². The van der Waals surface area contributed by atoms with Crippen molar-refractivity contribution in [2.75, 3.05) is 20.2 Å². The molecule has 0 atom stereocenters. The lowest BCUT2D eigenvalue weighted by molar-refractivity contribution is 0.186. The Balaban J connectivity index is 1.37. The number of amides is 2. The summed E-state index contributed by atoms with van der Waals surface area (Å²) in [6.07, 6.45) is 1.98. The number of nitrogens with one attached hydrogen (secondary N) is 2. The summed E-state index contributed by atoms with van der Waals surface area (Å²) in [5, 5.41) is 6.04. The Bertz CT molecular complexity index is 737. The summed E-state index contributed by atoms with van der Waals surface area (Å²) in [6, 6.07) is 16.6. The number of urea groups is 1. The molecule has 2 aromatic carbocycles. The van der Waals surface area contributed by atoms with Crippen LogP contribution in [0.1, 0.15) is 29.5 Å². The molecule has 0 radical (unpaired) electrons. The Labute approximate surface area is 161 Å². The summed E-state index contributed by atoms with van der Waals surface area (Å²) in [4.78, 5) is 14.6. The number of carbonyl (C=O) groups excluding carboxylic acids is 1. The molecule has 0 aliphatic carbocycles. The Morgan fingerprint density at radius 2 is 1.85 bits per heavy atom. The summed E-state index contributed by atoms with van der Waals surface area (Å²) >= 11 is 0. The third-order valence-electron chi connectivity index (χ3n) is 5.02. The van der Waals surface area contributed by atoms with E-state index in [9.17, 15) is 4.79 Å². The van der Waals surface area contributed by atoms with Gasteiger partial charge in [0, 0.05) is 32.2 Å². The van der Waals surface area contributed by atoms with Gasteiger partial charge in [0.05, 0.1) is 7.11 Å². The third-order valence-corrected chi connectivity index (χ3v) is 5.02. The molecule has 0 saturated carbocycles. The van der Waals surface area contributed by atoms with Gasteiger partial charge in [0.15, 0.2) is 0 Å². The lowest BCUT2D eigenvalue weighted by atomic mass is 10.0. The van der Waals surface area contributed by atoms with E-state index in [0.29, 0.717) is 6.54 Å². The third kappa shape index (κ3) is 6.00. The van der Waals surface area contributed by atoms with Crippen molar-refractivity contribution in [1.29, 1.82) is 0 Å². The first-order valence-corrected chi connectivity index (χ1v) is 9.57. The molecule has 1 fully saturated rings. The Kier molecular flexibility index (Phi) is 6.71. The van der Waals surface area contributed by atoms with E-state index in [1.807, 2.05) is 24.3 Å². The fourth-order valence-corrected chi connectivity index (χ4v) is 3.47. The Morgan fingerprint density at radius 1 is 1.11 bits per heavy atom. The van der Waals surface area contributed by atoms with Crippen LogP contribution in [0.5, 0.6) is 5.75 Å².